The zero-order valence-electron chi connectivity index (χ0n) is 11.5. The molecule has 4 heteroatoms. The highest BCUT2D eigenvalue weighted by Gasteiger charge is 2.49. The van der Waals surface area contributed by atoms with Gasteiger partial charge in [-0.25, -0.2) is 0 Å². The molecular weight excluding hydrogens is 214 g/mol. The fourth-order valence-corrected chi connectivity index (χ4v) is 2.47. The highest BCUT2D eigenvalue weighted by atomic mass is 16.2. The SMILES string of the molecule is CC(C)(NC1CC1(C)C)C(=O)N1CCNCC1. The first-order valence-electron chi connectivity index (χ1n) is 6.61. The van der Waals surface area contributed by atoms with Gasteiger partial charge in [0.2, 0.25) is 5.91 Å². The van der Waals surface area contributed by atoms with Crippen LogP contribution in [-0.2, 0) is 4.79 Å². The van der Waals surface area contributed by atoms with E-state index >= 15 is 0 Å². The summed E-state index contributed by atoms with van der Waals surface area (Å²) in [5.74, 6) is 0.238. The molecule has 1 saturated carbocycles. The number of carbonyl (C=O) groups excluding carboxylic acids is 1. The molecule has 0 radical (unpaired) electrons. The van der Waals surface area contributed by atoms with Gasteiger partial charge >= 0.3 is 0 Å². The Hall–Kier alpha value is -0.610. The van der Waals surface area contributed by atoms with Crippen LogP contribution in [0.15, 0.2) is 0 Å². The van der Waals surface area contributed by atoms with Gasteiger partial charge in [-0.1, -0.05) is 13.8 Å². The van der Waals surface area contributed by atoms with Crippen molar-refractivity contribution < 1.29 is 4.79 Å². The van der Waals surface area contributed by atoms with E-state index < -0.39 is 5.54 Å². The lowest BCUT2D eigenvalue weighted by Crippen LogP contribution is -2.58. The Morgan fingerprint density at radius 3 is 2.35 bits per heavy atom. The van der Waals surface area contributed by atoms with E-state index in [0.29, 0.717) is 11.5 Å². The summed E-state index contributed by atoms with van der Waals surface area (Å²) < 4.78 is 0. The summed E-state index contributed by atoms with van der Waals surface area (Å²) in [5, 5.41) is 6.78. The van der Waals surface area contributed by atoms with Gasteiger partial charge in [0, 0.05) is 32.2 Å². The Morgan fingerprint density at radius 2 is 1.88 bits per heavy atom. The number of hydrogen-bond donors (Lipinski definition) is 2. The molecule has 2 aliphatic rings. The summed E-state index contributed by atoms with van der Waals surface area (Å²) in [6, 6.07) is 0.490. The van der Waals surface area contributed by atoms with Crippen LogP contribution in [0.5, 0.6) is 0 Å². The van der Waals surface area contributed by atoms with Gasteiger partial charge in [0.1, 0.15) is 0 Å². The first kappa shape index (κ1) is 12.8. The Balaban J connectivity index is 1.92. The number of nitrogens with one attached hydrogen (secondary N) is 2. The molecule has 0 bridgehead atoms. The minimum atomic E-state index is -0.435. The van der Waals surface area contributed by atoms with Crippen LogP contribution in [-0.4, -0.2) is 48.6 Å². The van der Waals surface area contributed by atoms with Crippen LogP contribution in [0.4, 0.5) is 0 Å². The standard InChI is InChI=1S/C13H25N3O/c1-12(2)9-10(12)15-13(3,4)11(17)16-7-5-14-6-8-16/h10,14-15H,5-9H2,1-4H3. The summed E-state index contributed by atoms with van der Waals surface area (Å²) in [7, 11) is 0. The third kappa shape index (κ3) is 2.80. The predicted octanol–water partition coefficient (Wildman–Crippen LogP) is 0.585. The van der Waals surface area contributed by atoms with E-state index in [1.165, 1.54) is 6.42 Å². The molecule has 0 spiro atoms. The average molecular weight is 239 g/mol. The van der Waals surface area contributed by atoms with E-state index in [9.17, 15) is 4.79 Å². The van der Waals surface area contributed by atoms with Gasteiger partial charge in [-0.05, 0) is 25.7 Å². The Morgan fingerprint density at radius 1 is 1.35 bits per heavy atom. The second-order valence-electron chi connectivity index (χ2n) is 6.56. The van der Waals surface area contributed by atoms with Crippen LogP contribution in [0.3, 0.4) is 0 Å². The molecule has 0 aromatic carbocycles. The molecule has 17 heavy (non-hydrogen) atoms. The third-order valence-electron chi connectivity index (χ3n) is 3.99. The van der Waals surface area contributed by atoms with Gasteiger partial charge in [0.05, 0.1) is 5.54 Å². The van der Waals surface area contributed by atoms with E-state index in [1.54, 1.807) is 0 Å². The quantitative estimate of drug-likeness (QED) is 0.757. The zero-order valence-corrected chi connectivity index (χ0v) is 11.5. The Bertz CT molecular complexity index is 306. The largest absolute Gasteiger partial charge is 0.339 e. The van der Waals surface area contributed by atoms with Crippen molar-refractivity contribution in [3.8, 4) is 0 Å². The van der Waals surface area contributed by atoms with Crippen LogP contribution in [0.1, 0.15) is 34.1 Å². The molecular formula is C13H25N3O. The summed E-state index contributed by atoms with van der Waals surface area (Å²) in [4.78, 5) is 14.4. The van der Waals surface area contributed by atoms with Crippen molar-refractivity contribution in [1.29, 1.82) is 0 Å². The smallest absolute Gasteiger partial charge is 0.242 e. The number of rotatable bonds is 3. The van der Waals surface area contributed by atoms with E-state index in [0.717, 1.165) is 26.2 Å². The molecule has 2 rings (SSSR count). The van der Waals surface area contributed by atoms with Gasteiger partial charge in [-0.3, -0.25) is 4.79 Å². The number of carbonyl (C=O) groups is 1. The van der Waals surface area contributed by atoms with E-state index in [4.69, 9.17) is 0 Å². The van der Waals surface area contributed by atoms with Crippen molar-refractivity contribution in [1.82, 2.24) is 15.5 Å². The maximum absolute atomic E-state index is 12.4. The molecule has 2 fully saturated rings. The first-order chi connectivity index (χ1) is 7.83. The van der Waals surface area contributed by atoms with Gasteiger partial charge in [0.25, 0.3) is 0 Å². The van der Waals surface area contributed by atoms with Crippen LogP contribution >= 0.6 is 0 Å². The number of nitrogens with zero attached hydrogens (tertiary/aromatic N) is 1. The van der Waals surface area contributed by atoms with Gasteiger partial charge in [0.15, 0.2) is 0 Å². The molecule has 0 aromatic rings. The topological polar surface area (TPSA) is 44.4 Å². The van der Waals surface area contributed by atoms with Crippen molar-refractivity contribution in [2.24, 2.45) is 5.41 Å². The Labute approximate surface area is 104 Å². The predicted molar refractivity (Wildman–Crippen MR) is 68.9 cm³/mol. The van der Waals surface area contributed by atoms with E-state index in [-0.39, 0.29) is 5.91 Å². The Kier molecular flexibility index (Phi) is 3.21. The molecule has 1 unspecified atom stereocenters. The van der Waals surface area contributed by atoms with Crippen LogP contribution in [0.25, 0.3) is 0 Å². The van der Waals surface area contributed by atoms with Crippen molar-refractivity contribution in [3.63, 3.8) is 0 Å². The zero-order chi connectivity index (χ0) is 12.7. The molecule has 98 valence electrons. The molecule has 1 aliphatic carbocycles. The van der Waals surface area contributed by atoms with Crippen molar-refractivity contribution in [3.05, 3.63) is 0 Å². The molecule has 0 aromatic heterocycles. The van der Waals surface area contributed by atoms with Gasteiger partial charge < -0.3 is 15.5 Å². The molecule has 1 saturated heterocycles. The highest BCUT2D eigenvalue weighted by Crippen LogP contribution is 2.45. The van der Waals surface area contributed by atoms with E-state index in [1.807, 2.05) is 18.7 Å². The van der Waals surface area contributed by atoms with Gasteiger partial charge in [-0.15, -0.1) is 0 Å². The minimum absolute atomic E-state index is 0.238. The second-order valence-corrected chi connectivity index (χ2v) is 6.56. The number of amides is 1. The van der Waals surface area contributed by atoms with Crippen LogP contribution in [0.2, 0.25) is 0 Å². The summed E-state index contributed by atoms with van der Waals surface area (Å²) in [5.41, 5.74) is -0.0726. The fourth-order valence-electron chi connectivity index (χ4n) is 2.47. The summed E-state index contributed by atoms with van der Waals surface area (Å²) in [6.07, 6.45) is 1.17. The number of hydrogen-bond acceptors (Lipinski definition) is 3. The first-order valence-corrected chi connectivity index (χ1v) is 6.61. The molecule has 1 heterocycles. The molecule has 1 aliphatic heterocycles. The molecule has 1 atom stereocenters. The summed E-state index contributed by atoms with van der Waals surface area (Å²) in [6.45, 7) is 12.0. The summed E-state index contributed by atoms with van der Waals surface area (Å²) >= 11 is 0. The number of piperazine rings is 1. The lowest BCUT2D eigenvalue weighted by atomic mass is 10.0. The molecule has 1 amide bonds. The fraction of sp³-hybridized carbons (Fsp3) is 0.923. The lowest BCUT2D eigenvalue weighted by molar-refractivity contribution is -0.137. The molecule has 2 N–H and O–H groups in total. The second kappa shape index (κ2) is 4.25. The molecule has 4 nitrogen and oxygen atoms in total. The van der Waals surface area contributed by atoms with Gasteiger partial charge in [-0.2, -0.15) is 0 Å². The minimum Gasteiger partial charge on any atom is -0.339 e. The maximum atomic E-state index is 12.4. The highest BCUT2D eigenvalue weighted by molar-refractivity contribution is 5.85. The van der Waals surface area contributed by atoms with Crippen LogP contribution < -0.4 is 10.6 Å². The normalized spacial score (nSPS) is 28.0. The lowest BCUT2D eigenvalue weighted by Gasteiger charge is -2.35. The van der Waals surface area contributed by atoms with E-state index in [2.05, 4.69) is 24.5 Å². The van der Waals surface area contributed by atoms with Crippen LogP contribution in [0, 0.1) is 5.41 Å². The third-order valence-corrected chi connectivity index (χ3v) is 3.99. The maximum Gasteiger partial charge on any atom is 0.242 e. The average Bonchev–Trinajstić information content (AvgIpc) is 2.85. The monoisotopic (exact) mass is 239 g/mol. The van der Waals surface area contributed by atoms with Crippen molar-refractivity contribution in [2.45, 2.75) is 45.7 Å². The van der Waals surface area contributed by atoms with Crippen molar-refractivity contribution >= 4 is 5.91 Å². The van der Waals surface area contributed by atoms with Crippen molar-refractivity contribution in [2.75, 3.05) is 26.2 Å².